The van der Waals surface area contributed by atoms with Crippen molar-refractivity contribution in [2.45, 2.75) is 18.8 Å². The number of fused-ring (bicyclic) bond motifs is 1. The molecule has 7 heteroatoms. The Morgan fingerprint density at radius 2 is 2.12 bits per heavy atom. The Bertz CT molecular complexity index is 559. The van der Waals surface area contributed by atoms with Crippen molar-refractivity contribution in [3.05, 3.63) is 28.6 Å². The van der Waals surface area contributed by atoms with E-state index in [-0.39, 0.29) is 18.0 Å². The Morgan fingerprint density at radius 3 is 2.88 bits per heavy atom. The van der Waals surface area contributed by atoms with Gasteiger partial charge in [0.25, 0.3) is 5.56 Å². The number of aromatic nitrogens is 4. The quantitative estimate of drug-likeness (QED) is 0.817. The van der Waals surface area contributed by atoms with E-state index in [9.17, 15) is 4.79 Å². The fourth-order valence-corrected chi connectivity index (χ4v) is 2.09. The summed E-state index contributed by atoms with van der Waals surface area (Å²) in [6.07, 6.45) is 5.28. The van der Waals surface area contributed by atoms with Crippen LogP contribution in [-0.2, 0) is 4.74 Å². The predicted octanol–water partition coefficient (Wildman–Crippen LogP) is 0.733. The van der Waals surface area contributed by atoms with Gasteiger partial charge in [-0.05, 0) is 12.8 Å². The number of nitrogens with zero attached hydrogens (tertiary/aromatic N) is 3. The molecule has 3 heterocycles. The van der Waals surface area contributed by atoms with E-state index >= 15 is 0 Å². The molecule has 6 nitrogen and oxygen atoms in total. The van der Waals surface area contributed by atoms with Crippen molar-refractivity contribution >= 4 is 18.1 Å². The molecule has 1 N–H and O–H groups in total. The zero-order valence-electron chi connectivity index (χ0n) is 9.13. The maximum Gasteiger partial charge on any atom is 0.293 e. The molecule has 1 fully saturated rings. The summed E-state index contributed by atoms with van der Waals surface area (Å²) in [6, 6.07) is 0. The first kappa shape index (κ1) is 12.1. The average Bonchev–Trinajstić information content (AvgIpc) is 2.75. The van der Waals surface area contributed by atoms with Crippen molar-refractivity contribution in [3.8, 4) is 0 Å². The lowest BCUT2D eigenvalue weighted by atomic mass is 10.00. The molecule has 0 atom stereocenters. The van der Waals surface area contributed by atoms with Crippen LogP contribution in [-0.4, -0.2) is 32.8 Å². The van der Waals surface area contributed by atoms with Crippen LogP contribution >= 0.6 is 12.4 Å². The molecule has 17 heavy (non-hydrogen) atoms. The summed E-state index contributed by atoms with van der Waals surface area (Å²) in [5, 5.41) is 8.04. The lowest BCUT2D eigenvalue weighted by molar-refractivity contribution is 0.0834. The molecule has 3 rings (SSSR count). The van der Waals surface area contributed by atoms with Crippen LogP contribution in [0.5, 0.6) is 0 Å². The van der Waals surface area contributed by atoms with Crippen molar-refractivity contribution in [2.75, 3.05) is 13.2 Å². The van der Waals surface area contributed by atoms with Gasteiger partial charge in [-0.3, -0.25) is 9.20 Å². The maximum atomic E-state index is 11.5. The van der Waals surface area contributed by atoms with E-state index in [4.69, 9.17) is 4.74 Å². The SMILES string of the molecule is Cl.O=c1[nH]ccn2c(C3CCOCC3)nnc12. The average molecular weight is 257 g/mol. The highest BCUT2D eigenvalue weighted by Crippen LogP contribution is 2.24. The number of rotatable bonds is 1. The smallest absolute Gasteiger partial charge is 0.293 e. The number of hydrogen-bond donors (Lipinski definition) is 1. The van der Waals surface area contributed by atoms with Crippen LogP contribution in [0.3, 0.4) is 0 Å². The van der Waals surface area contributed by atoms with Crippen LogP contribution in [0.1, 0.15) is 24.6 Å². The molecular weight excluding hydrogens is 244 g/mol. The lowest BCUT2D eigenvalue weighted by Gasteiger charge is -2.20. The van der Waals surface area contributed by atoms with Gasteiger partial charge in [0.05, 0.1) is 0 Å². The molecule has 0 aromatic carbocycles. The van der Waals surface area contributed by atoms with Gasteiger partial charge in [0, 0.05) is 31.5 Å². The van der Waals surface area contributed by atoms with Gasteiger partial charge in [-0.1, -0.05) is 0 Å². The van der Waals surface area contributed by atoms with E-state index in [1.165, 1.54) is 0 Å². The second-order valence-electron chi connectivity index (χ2n) is 3.93. The minimum Gasteiger partial charge on any atom is -0.381 e. The van der Waals surface area contributed by atoms with E-state index in [0.717, 1.165) is 31.9 Å². The number of nitrogens with one attached hydrogen (secondary N) is 1. The van der Waals surface area contributed by atoms with Crippen LogP contribution in [0.15, 0.2) is 17.2 Å². The summed E-state index contributed by atoms with van der Waals surface area (Å²) in [7, 11) is 0. The molecule has 0 amide bonds. The predicted molar refractivity (Wildman–Crippen MR) is 63.6 cm³/mol. The summed E-state index contributed by atoms with van der Waals surface area (Å²) in [4.78, 5) is 14.1. The lowest BCUT2D eigenvalue weighted by Crippen LogP contribution is -2.17. The summed E-state index contributed by atoms with van der Waals surface area (Å²) in [6.45, 7) is 1.51. The monoisotopic (exact) mass is 256 g/mol. The van der Waals surface area contributed by atoms with Crippen LogP contribution < -0.4 is 5.56 Å². The van der Waals surface area contributed by atoms with E-state index in [2.05, 4.69) is 15.2 Å². The number of aromatic amines is 1. The highest BCUT2D eigenvalue weighted by atomic mass is 35.5. The van der Waals surface area contributed by atoms with Crippen LogP contribution in [0, 0.1) is 0 Å². The maximum absolute atomic E-state index is 11.5. The van der Waals surface area contributed by atoms with Gasteiger partial charge in [-0.15, -0.1) is 22.6 Å². The van der Waals surface area contributed by atoms with Crippen LogP contribution in [0.4, 0.5) is 0 Å². The molecule has 1 aliphatic heterocycles. The molecule has 0 spiro atoms. The van der Waals surface area contributed by atoms with E-state index in [1.807, 2.05) is 0 Å². The van der Waals surface area contributed by atoms with Gasteiger partial charge in [-0.2, -0.15) is 0 Å². The molecule has 1 saturated heterocycles. The van der Waals surface area contributed by atoms with Gasteiger partial charge >= 0.3 is 0 Å². The largest absolute Gasteiger partial charge is 0.381 e. The van der Waals surface area contributed by atoms with Gasteiger partial charge in [0.2, 0.25) is 5.65 Å². The van der Waals surface area contributed by atoms with Gasteiger partial charge in [0.1, 0.15) is 5.82 Å². The zero-order chi connectivity index (χ0) is 11.0. The normalized spacial score (nSPS) is 16.9. The van der Waals surface area contributed by atoms with Crippen molar-refractivity contribution in [1.29, 1.82) is 0 Å². The first-order valence-electron chi connectivity index (χ1n) is 5.36. The highest BCUT2D eigenvalue weighted by Gasteiger charge is 2.21. The Morgan fingerprint density at radius 1 is 1.35 bits per heavy atom. The molecular formula is C10H13ClN4O2. The zero-order valence-corrected chi connectivity index (χ0v) is 9.94. The molecule has 92 valence electrons. The number of H-pyrrole nitrogens is 1. The van der Waals surface area contributed by atoms with Gasteiger partial charge in [0.15, 0.2) is 0 Å². The fraction of sp³-hybridized carbons (Fsp3) is 0.500. The van der Waals surface area contributed by atoms with Gasteiger partial charge in [-0.25, -0.2) is 0 Å². The molecule has 0 aliphatic carbocycles. The topological polar surface area (TPSA) is 72.3 Å². The number of hydrogen-bond acceptors (Lipinski definition) is 4. The van der Waals surface area contributed by atoms with Crippen molar-refractivity contribution < 1.29 is 4.74 Å². The number of ether oxygens (including phenoxy) is 1. The second-order valence-corrected chi connectivity index (χ2v) is 3.93. The Labute approximate surface area is 103 Å². The third kappa shape index (κ3) is 2.05. The second kappa shape index (κ2) is 4.85. The summed E-state index contributed by atoms with van der Waals surface area (Å²) < 4.78 is 7.08. The minimum atomic E-state index is -0.201. The third-order valence-corrected chi connectivity index (χ3v) is 2.95. The molecule has 0 bridgehead atoms. The highest BCUT2D eigenvalue weighted by molar-refractivity contribution is 5.85. The number of halogens is 1. The van der Waals surface area contributed by atoms with E-state index in [0.29, 0.717) is 11.6 Å². The molecule has 2 aromatic heterocycles. The Kier molecular flexibility index (Phi) is 3.44. The fourth-order valence-electron chi connectivity index (χ4n) is 2.09. The van der Waals surface area contributed by atoms with Crippen molar-refractivity contribution in [3.63, 3.8) is 0 Å². The first-order chi connectivity index (χ1) is 7.86. The summed E-state index contributed by atoms with van der Waals surface area (Å²) in [5.41, 5.74) is 0.164. The van der Waals surface area contributed by atoms with E-state index < -0.39 is 0 Å². The minimum absolute atomic E-state index is 0. The molecule has 1 aliphatic rings. The summed E-state index contributed by atoms with van der Waals surface area (Å²) >= 11 is 0. The van der Waals surface area contributed by atoms with Crippen molar-refractivity contribution in [2.24, 2.45) is 0 Å². The van der Waals surface area contributed by atoms with Crippen LogP contribution in [0.2, 0.25) is 0 Å². The third-order valence-electron chi connectivity index (χ3n) is 2.95. The Hall–Kier alpha value is -1.40. The summed E-state index contributed by atoms with van der Waals surface area (Å²) in [5.74, 6) is 1.20. The van der Waals surface area contributed by atoms with E-state index in [1.54, 1.807) is 16.8 Å². The molecule has 0 radical (unpaired) electrons. The molecule has 0 unspecified atom stereocenters. The first-order valence-corrected chi connectivity index (χ1v) is 5.36. The van der Waals surface area contributed by atoms with Crippen LogP contribution in [0.25, 0.3) is 5.65 Å². The molecule has 0 saturated carbocycles. The molecule has 2 aromatic rings. The Balaban J connectivity index is 0.00000108. The standard InChI is InChI=1S/C10H12N4O2.ClH/c15-10-9-13-12-8(14(9)4-3-11-10)7-1-5-16-6-2-7;/h3-4,7H,1-2,5-6H2,(H,11,15);1H. The van der Waals surface area contributed by atoms with Gasteiger partial charge < -0.3 is 9.72 Å². The van der Waals surface area contributed by atoms with Crippen molar-refractivity contribution in [1.82, 2.24) is 19.6 Å².